The molecule has 2 N–H and O–H groups in total. The Labute approximate surface area is 245 Å². The number of likely N-dealkylation sites (N-methyl/N-ethyl adjacent to an activating group) is 1. The molecule has 1 aliphatic heterocycles. The molecule has 1 aliphatic rings. The zero-order valence-corrected chi connectivity index (χ0v) is 25.0. The lowest BCUT2D eigenvalue weighted by molar-refractivity contribution is -0.0103. The molecule has 2 atom stereocenters. The van der Waals surface area contributed by atoms with Crippen molar-refractivity contribution in [1.29, 1.82) is 0 Å². The van der Waals surface area contributed by atoms with Crippen LogP contribution in [-0.2, 0) is 15.9 Å². The molecule has 0 unspecified atom stereocenters. The average Bonchev–Trinajstić information content (AvgIpc) is 3.29. The van der Waals surface area contributed by atoms with Crippen molar-refractivity contribution in [3.63, 3.8) is 0 Å². The number of carbonyl (C=O) groups is 1. The molecule has 0 radical (unpaired) electrons. The fourth-order valence-corrected chi connectivity index (χ4v) is 5.09. The number of nitrogens with one attached hydrogen (secondary N) is 1. The average molecular weight is 588 g/mol. The number of aromatic nitrogens is 3. The summed E-state index contributed by atoms with van der Waals surface area (Å²) in [6, 6.07) is 5.10. The van der Waals surface area contributed by atoms with Gasteiger partial charge < -0.3 is 34.1 Å². The molecule has 2 aromatic heterocycles. The number of rotatable bonds is 11. The van der Waals surface area contributed by atoms with E-state index in [1.54, 1.807) is 37.1 Å². The third kappa shape index (κ3) is 7.34. The lowest BCUT2D eigenvalue weighted by Gasteiger charge is -2.34. The molecule has 0 saturated carbocycles. The molecule has 1 saturated heterocycles. The van der Waals surface area contributed by atoms with Gasteiger partial charge in [-0.3, -0.25) is 0 Å². The highest BCUT2D eigenvalue weighted by molar-refractivity contribution is 6.33. The number of morpholine rings is 1. The molecule has 0 bridgehead atoms. The van der Waals surface area contributed by atoms with Crippen LogP contribution in [0.5, 0.6) is 5.75 Å². The molecule has 3 heterocycles. The van der Waals surface area contributed by atoms with Gasteiger partial charge in [0.05, 0.1) is 47.8 Å². The normalized spacial score (nSPS) is 16.1. The fraction of sp³-hybridized carbons (Fsp3) is 0.517. The molecule has 222 valence electrons. The number of amides is 1. The van der Waals surface area contributed by atoms with Gasteiger partial charge in [-0.05, 0) is 71.3 Å². The molecule has 4 rings (SSSR count). The monoisotopic (exact) mass is 587 g/mol. The summed E-state index contributed by atoms with van der Waals surface area (Å²) >= 11 is 6.66. The van der Waals surface area contributed by atoms with Crippen LogP contribution in [0.15, 0.2) is 22.7 Å². The Bertz CT molecular complexity index is 1330. The Morgan fingerprint density at radius 2 is 2.10 bits per heavy atom. The minimum atomic E-state index is -0.662. The molecule has 1 aromatic carbocycles. The van der Waals surface area contributed by atoms with Crippen molar-refractivity contribution in [2.45, 2.75) is 52.7 Å². The number of aryl methyl sites for hydroxylation is 3. The summed E-state index contributed by atoms with van der Waals surface area (Å²) < 4.78 is 22.3. The highest BCUT2D eigenvalue weighted by Crippen LogP contribution is 2.35. The predicted octanol–water partition coefficient (Wildman–Crippen LogP) is 4.13. The number of aliphatic hydroxyl groups excluding tert-OH is 1. The number of nitrogens with zero attached hydrogens (tertiary/aromatic N) is 4. The summed E-state index contributed by atoms with van der Waals surface area (Å²) in [4.78, 5) is 24.2. The SMILES string of the molecule is CCOC(=O)N1CCOC[C@@H]1CCc1nc(-c2cc(OC[C@@H](O)CNC)ccc2Cl)nc(-c2c(C)noc2C)c1C. The number of ether oxygens (including phenoxy) is 3. The van der Waals surface area contributed by atoms with Crippen LogP contribution in [0.25, 0.3) is 22.6 Å². The van der Waals surface area contributed by atoms with Crippen LogP contribution in [0.4, 0.5) is 4.79 Å². The van der Waals surface area contributed by atoms with Gasteiger partial charge in [0.2, 0.25) is 0 Å². The quantitative estimate of drug-likeness (QED) is 0.337. The fourth-order valence-electron chi connectivity index (χ4n) is 4.89. The number of carbonyl (C=O) groups excluding carboxylic acids is 1. The number of aliphatic hydroxyl groups is 1. The smallest absolute Gasteiger partial charge is 0.410 e. The molecular formula is C29H38ClN5O6. The zero-order chi connectivity index (χ0) is 29.5. The molecule has 12 heteroatoms. The highest BCUT2D eigenvalue weighted by Gasteiger charge is 2.29. The molecule has 1 fully saturated rings. The van der Waals surface area contributed by atoms with Crippen molar-refractivity contribution in [2.24, 2.45) is 0 Å². The van der Waals surface area contributed by atoms with Crippen LogP contribution in [0.2, 0.25) is 5.02 Å². The van der Waals surface area contributed by atoms with E-state index in [2.05, 4.69) is 10.5 Å². The van der Waals surface area contributed by atoms with Crippen LogP contribution < -0.4 is 10.1 Å². The second-order valence-corrected chi connectivity index (χ2v) is 10.4. The first kappa shape index (κ1) is 30.7. The van der Waals surface area contributed by atoms with E-state index in [1.807, 2.05) is 20.8 Å². The number of halogens is 1. The van der Waals surface area contributed by atoms with E-state index in [9.17, 15) is 9.90 Å². The maximum Gasteiger partial charge on any atom is 0.410 e. The Hall–Kier alpha value is -3.25. The summed E-state index contributed by atoms with van der Waals surface area (Å²) in [7, 11) is 1.77. The molecule has 0 aliphatic carbocycles. The Balaban J connectivity index is 1.70. The Kier molecular flexibility index (Phi) is 10.5. The van der Waals surface area contributed by atoms with Crippen LogP contribution in [0, 0.1) is 20.8 Å². The lowest BCUT2D eigenvalue weighted by Crippen LogP contribution is -2.49. The summed E-state index contributed by atoms with van der Waals surface area (Å²) in [6.45, 7) is 9.73. The first-order chi connectivity index (χ1) is 19.7. The van der Waals surface area contributed by atoms with Gasteiger partial charge >= 0.3 is 6.09 Å². The van der Waals surface area contributed by atoms with Crippen LogP contribution >= 0.6 is 11.6 Å². The maximum absolute atomic E-state index is 12.6. The van der Waals surface area contributed by atoms with E-state index < -0.39 is 6.10 Å². The van der Waals surface area contributed by atoms with Crippen molar-refractivity contribution in [3.05, 3.63) is 45.9 Å². The molecule has 11 nitrogen and oxygen atoms in total. The zero-order valence-electron chi connectivity index (χ0n) is 24.2. The van der Waals surface area contributed by atoms with Crippen molar-refractivity contribution in [1.82, 2.24) is 25.3 Å². The van der Waals surface area contributed by atoms with Gasteiger partial charge in [-0.2, -0.15) is 0 Å². The molecule has 0 spiro atoms. The van der Waals surface area contributed by atoms with E-state index in [0.29, 0.717) is 79.4 Å². The minimum Gasteiger partial charge on any atom is -0.491 e. The third-order valence-electron chi connectivity index (χ3n) is 7.02. The Morgan fingerprint density at radius 3 is 2.80 bits per heavy atom. The van der Waals surface area contributed by atoms with Gasteiger partial charge in [-0.25, -0.2) is 14.8 Å². The number of hydrogen-bond donors (Lipinski definition) is 2. The summed E-state index contributed by atoms with van der Waals surface area (Å²) in [5.74, 6) is 1.61. The minimum absolute atomic E-state index is 0.118. The first-order valence-corrected chi connectivity index (χ1v) is 14.2. The third-order valence-corrected chi connectivity index (χ3v) is 7.35. The summed E-state index contributed by atoms with van der Waals surface area (Å²) in [6.07, 6.45) is 0.189. The van der Waals surface area contributed by atoms with Crippen molar-refractivity contribution in [2.75, 3.05) is 46.6 Å². The lowest BCUT2D eigenvalue weighted by atomic mass is 9.99. The maximum atomic E-state index is 12.6. The van der Waals surface area contributed by atoms with Crippen molar-refractivity contribution in [3.8, 4) is 28.4 Å². The molecule has 1 amide bonds. The molecule has 3 aromatic rings. The van der Waals surface area contributed by atoms with E-state index in [-0.39, 0.29) is 18.7 Å². The van der Waals surface area contributed by atoms with Crippen LogP contribution in [0.1, 0.15) is 36.1 Å². The van der Waals surface area contributed by atoms with Crippen LogP contribution in [-0.4, -0.2) is 89.9 Å². The van der Waals surface area contributed by atoms with Gasteiger partial charge in [0.25, 0.3) is 0 Å². The largest absolute Gasteiger partial charge is 0.491 e. The van der Waals surface area contributed by atoms with Crippen molar-refractivity contribution >= 4 is 17.7 Å². The predicted molar refractivity (Wildman–Crippen MR) is 154 cm³/mol. The van der Waals surface area contributed by atoms with Gasteiger partial charge in [0.1, 0.15) is 24.2 Å². The topological polar surface area (TPSA) is 132 Å². The molecule has 41 heavy (non-hydrogen) atoms. The summed E-state index contributed by atoms with van der Waals surface area (Å²) in [5.41, 5.74) is 4.52. The van der Waals surface area contributed by atoms with Gasteiger partial charge in [-0.1, -0.05) is 16.8 Å². The standard InChI is InChI=1S/C29H38ClN5O6/c1-6-39-29(37)35-11-12-38-15-20(35)7-10-25-17(2)27(26-18(3)34-41-19(26)4)33-28(32-25)23-13-22(8-9-24(23)30)40-16-21(36)14-31-5/h8-9,13,20-21,31,36H,6-7,10-12,14-16H2,1-5H3/t20-,21-/m0/s1. The molecular weight excluding hydrogens is 550 g/mol. The van der Waals surface area contributed by atoms with Gasteiger partial charge in [0, 0.05) is 24.3 Å². The van der Waals surface area contributed by atoms with Crippen LogP contribution in [0.3, 0.4) is 0 Å². The highest BCUT2D eigenvalue weighted by atomic mass is 35.5. The van der Waals surface area contributed by atoms with Gasteiger partial charge in [0.15, 0.2) is 5.82 Å². The summed E-state index contributed by atoms with van der Waals surface area (Å²) in [5, 5.41) is 17.6. The van der Waals surface area contributed by atoms with Gasteiger partial charge in [-0.15, -0.1) is 0 Å². The first-order valence-electron chi connectivity index (χ1n) is 13.8. The van der Waals surface area contributed by atoms with E-state index in [4.69, 9.17) is 40.3 Å². The second kappa shape index (κ2) is 14.1. The Morgan fingerprint density at radius 1 is 1.29 bits per heavy atom. The van der Waals surface area contributed by atoms with E-state index >= 15 is 0 Å². The van der Waals surface area contributed by atoms with E-state index in [0.717, 1.165) is 22.5 Å². The van der Waals surface area contributed by atoms with E-state index in [1.165, 1.54) is 0 Å². The van der Waals surface area contributed by atoms with Crippen molar-refractivity contribution < 1.29 is 28.6 Å². The number of benzene rings is 1. The number of hydrogen-bond acceptors (Lipinski definition) is 10. The second-order valence-electron chi connectivity index (χ2n) is 9.99.